The van der Waals surface area contributed by atoms with Crippen LogP contribution < -0.4 is 26.6 Å². The van der Waals surface area contributed by atoms with Gasteiger partial charge in [-0.1, -0.05) is 19.4 Å². The molecular weight excluding hydrogens is 372 g/mol. The van der Waals surface area contributed by atoms with Gasteiger partial charge in [-0.3, -0.25) is 14.3 Å². The lowest BCUT2D eigenvalue weighted by Gasteiger charge is -2.27. The highest BCUT2D eigenvalue weighted by Gasteiger charge is 2.20. The number of hydrogen-bond acceptors (Lipinski definition) is 6. The third-order valence-electron chi connectivity index (χ3n) is 4.72. The van der Waals surface area contributed by atoms with Gasteiger partial charge in [-0.15, -0.1) is 0 Å². The molecule has 0 bridgehead atoms. The number of aromatic nitrogens is 2. The van der Waals surface area contributed by atoms with Gasteiger partial charge in [0.25, 0.3) is 5.56 Å². The largest absolute Gasteiger partial charge is 0.491 e. The molecule has 1 aromatic heterocycles. The molecule has 0 spiro atoms. The lowest BCUT2D eigenvalue weighted by molar-refractivity contribution is 0.112. The van der Waals surface area contributed by atoms with Crippen LogP contribution in [0.3, 0.4) is 0 Å². The Bertz CT molecular complexity index is 915. The summed E-state index contributed by atoms with van der Waals surface area (Å²) in [6.07, 6.45) is 0.825. The number of anilines is 2. The second-order valence-electron chi connectivity index (χ2n) is 7.33. The Morgan fingerprint density at radius 3 is 2.45 bits per heavy atom. The van der Waals surface area contributed by atoms with E-state index in [1.54, 1.807) is 4.90 Å². The van der Waals surface area contributed by atoms with E-state index in [2.05, 4.69) is 4.98 Å². The van der Waals surface area contributed by atoms with Crippen LogP contribution in [0.2, 0.25) is 0 Å². The number of likely N-dealkylation sites (N-methyl/N-ethyl adjacent to an activating group) is 1. The maximum atomic E-state index is 12.4. The molecule has 2 aromatic rings. The molecule has 1 heterocycles. The monoisotopic (exact) mass is 404 g/mol. The van der Waals surface area contributed by atoms with Gasteiger partial charge in [-0.05, 0) is 50.5 Å². The summed E-state index contributed by atoms with van der Waals surface area (Å²) in [6.45, 7) is 8.94. The Labute approximate surface area is 170 Å². The Morgan fingerprint density at radius 2 is 1.86 bits per heavy atom. The van der Waals surface area contributed by atoms with Crippen LogP contribution in [0.1, 0.15) is 37.8 Å². The van der Waals surface area contributed by atoms with Crippen molar-refractivity contribution in [2.45, 2.75) is 53.2 Å². The van der Waals surface area contributed by atoms with Crippen LogP contribution in [0, 0.1) is 13.8 Å². The maximum Gasteiger partial charge on any atom is 0.330 e. The van der Waals surface area contributed by atoms with E-state index in [1.807, 2.05) is 45.9 Å². The molecule has 2 rings (SSSR count). The zero-order chi connectivity index (χ0) is 21.6. The third-order valence-corrected chi connectivity index (χ3v) is 4.72. The molecule has 4 N–H and O–H groups in total. The summed E-state index contributed by atoms with van der Waals surface area (Å²) in [7, 11) is 0. The summed E-state index contributed by atoms with van der Waals surface area (Å²) in [5, 5.41) is 10.5. The van der Waals surface area contributed by atoms with E-state index >= 15 is 0 Å². The van der Waals surface area contributed by atoms with Gasteiger partial charge < -0.3 is 20.5 Å². The number of nitrogen functional groups attached to an aromatic ring is 1. The Kier molecular flexibility index (Phi) is 7.90. The number of nitrogens with one attached hydrogen (secondary N) is 1. The predicted molar refractivity (Wildman–Crippen MR) is 116 cm³/mol. The average molecular weight is 405 g/mol. The van der Waals surface area contributed by atoms with Crippen LogP contribution in [0.5, 0.6) is 5.75 Å². The summed E-state index contributed by atoms with van der Waals surface area (Å²) < 4.78 is 7.09. The molecule has 0 saturated carbocycles. The highest BCUT2D eigenvalue weighted by Crippen LogP contribution is 2.19. The average Bonchev–Trinajstić information content (AvgIpc) is 2.64. The van der Waals surface area contributed by atoms with Gasteiger partial charge >= 0.3 is 5.69 Å². The van der Waals surface area contributed by atoms with E-state index in [-0.39, 0.29) is 24.7 Å². The second kappa shape index (κ2) is 10.2. The number of unbranched alkanes of at least 4 members (excludes halogenated alkanes) is 1. The minimum atomic E-state index is -0.842. The normalized spacial score (nSPS) is 12.0. The van der Waals surface area contributed by atoms with Crippen molar-refractivity contribution >= 4 is 11.5 Å². The molecule has 1 atom stereocenters. The van der Waals surface area contributed by atoms with Crippen molar-refractivity contribution in [1.29, 1.82) is 0 Å². The highest BCUT2D eigenvalue weighted by molar-refractivity contribution is 5.62. The zero-order valence-electron chi connectivity index (χ0n) is 17.7. The van der Waals surface area contributed by atoms with Gasteiger partial charge in [0, 0.05) is 19.6 Å². The van der Waals surface area contributed by atoms with Gasteiger partial charge in [0.2, 0.25) is 0 Å². The third kappa shape index (κ3) is 5.87. The number of H-pyrrole nitrogens is 1. The summed E-state index contributed by atoms with van der Waals surface area (Å²) in [5.41, 5.74) is 7.46. The van der Waals surface area contributed by atoms with E-state index in [4.69, 9.17) is 10.5 Å². The van der Waals surface area contributed by atoms with Crippen molar-refractivity contribution in [2.24, 2.45) is 0 Å². The first kappa shape index (κ1) is 22.5. The van der Waals surface area contributed by atoms with E-state index in [0.29, 0.717) is 18.8 Å². The zero-order valence-corrected chi connectivity index (χ0v) is 17.7. The molecule has 0 amide bonds. The number of hydrogen-bond donors (Lipinski definition) is 3. The van der Waals surface area contributed by atoms with Crippen molar-refractivity contribution in [1.82, 2.24) is 9.55 Å². The van der Waals surface area contributed by atoms with Crippen molar-refractivity contribution in [3.8, 4) is 5.75 Å². The number of benzene rings is 1. The maximum absolute atomic E-state index is 12.4. The smallest absolute Gasteiger partial charge is 0.330 e. The van der Waals surface area contributed by atoms with Crippen LogP contribution >= 0.6 is 0 Å². The Hall–Kier alpha value is -2.74. The number of aryl methyl sites for hydroxylation is 2. The summed E-state index contributed by atoms with van der Waals surface area (Å²) in [6, 6.07) is 5.86. The van der Waals surface area contributed by atoms with Crippen molar-refractivity contribution in [3.05, 3.63) is 50.2 Å². The molecule has 0 aliphatic carbocycles. The summed E-state index contributed by atoms with van der Waals surface area (Å²) in [5.74, 6) is 0.812. The van der Waals surface area contributed by atoms with Crippen LogP contribution in [-0.4, -0.2) is 40.5 Å². The Morgan fingerprint density at radius 1 is 1.21 bits per heavy atom. The number of ether oxygens (including phenoxy) is 1. The quantitative estimate of drug-likeness (QED) is 0.556. The van der Waals surface area contributed by atoms with Gasteiger partial charge in [-0.25, -0.2) is 4.79 Å². The minimum Gasteiger partial charge on any atom is -0.491 e. The predicted octanol–water partition coefficient (Wildman–Crippen LogP) is 1.80. The highest BCUT2D eigenvalue weighted by atomic mass is 16.5. The first-order chi connectivity index (χ1) is 13.8. The molecule has 0 saturated heterocycles. The van der Waals surface area contributed by atoms with Crippen LogP contribution in [0.4, 0.5) is 11.5 Å². The van der Waals surface area contributed by atoms with Crippen molar-refractivity contribution < 1.29 is 9.84 Å². The van der Waals surface area contributed by atoms with Crippen LogP contribution in [0.25, 0.3) is 0 Å². The van der Waals surface area contributed by atoms with Gasteiger partial charge in [0.05, 0.1) is 0 Å². The number of rotatable bonds is 10. The lowest BCUT2D eigenvalue weighted by atomic mass is 10.1. The van der Waals surface area contributed by atoms with Crippen LogP contribution in [-0.2, 0) is 6.54 Å². The number of aliphatic hydroxyl groups is 1. The first-order valence-electron chi connectivity index (χ1n) is 10.0. The second-order valence-corrected chi connectivity index (χ2v) is 7.33. The fraction of sp³-hybridized carbons (Fsp3) is 0.524. The van der Waals surface area contributed by atoms with E-state index in [9.17, 15) is 14.7 Å². The van der Waals surface area contributed by atoms with E-state index < -0.39 is 17.4 Å². The number of nitrogens with two attached hydrogens (primary N) is 1. The molecule has 160 valence electrons. The molecule has 0 aliphatic rings. The van der Waals surface area contributed by atoms with Crippen molar-refractivity contribution in [3.63, 3.8) is 0 Å². The number of nitrogens with zero attached hydrogens (tertiary/aromatic N) is 2. The molecule has 1 aromatic carbocycles. The summed E-state index contributed by atoms with van der Waals surface area (Å²) in [4.78, 5) is 28.5. The topological polar surface area (TPSA) is 114 Å². The van der Waals surface area contributed by atoms with Gasteiger partial charge in [0.1, 0.15) is 30.0 Å². The SMILES string of the molecule is CCCCn1c(N)c(N(CC)CC(O)COc2cc(C)cc(C)c2)c(=O)[nH]c1=O. The molecule has 8 heteroatoms. The van der Waals surface area contributed by atoms with Crippen LogP contribution in [0.15, 0.2) is 27.8 Å². The molecular formula is C21H32N4O4. The fourth-order valence-corrected chi connectivity index (χ4v) is 3.32. The standard InChI is InChI=1S/C21H32N4O4/c1-5-7-8-25-19(22)18(20(27)23-21(25)28)24(6-2)12-16(26)13-29-17-10-14(3)9-15(4)11-17/h9-11,16,26H,5-8,12-13,22H2,1-4H3,(H,23,27,28). The van der Waals surface area contributed by atoms with Gasteiger partial charge in [0.15, 0.2) is 0 Å². The summed E-state index contributed by atoms with van der Waals surface area (Å²) >= 11 is 0. The number of aromatic amines is 1. The molecule has 0 aliphatic heterocycles. The molecule has 8 nitrogen and oxygen atoms in total. The first-order valence-corrected chi connectivity index (χ1v) is 10.0. The van der Waals surface area contributed by atoms with E-state index in [0.717, 1.165) is 24.0 Å². The lowest BCUT2D eigenvalue weighted by Crippen LogP contribution is -2.42. The minimum absolute atomic E-state index is 0.0761. The van der Waals surface area contributed by atoms with Gasteiger partial charge in [-0.2, -0.15) is 0 Å². The molecule has 0 fully saturated rings. The number of aliphatic hydroxyl groups excluding tert-OH is 1. The molecule has 29 heavy (non-hydrogen) atoms. The molecule has 0 radical (unpaired) electrons. The van der Waals surface area contributed by atoms with E-state index in [1.165, 1.54) is 4.57 Å². The Balaban J connectivity index is 2.16. The molecule has 1 unspecified atom stereocenters. The van der Waals surface area contributed by atoms with Crippen molar-refractivity contribution in [2.75, 3.05) is 30.3 Å². The fourth-order valence-electron chi connectivity index (χ4n) is 3.32.